The fraction of sp³-hybridized carbons (Fsp3) is 0. The van der Waals surface area contributed by atoms with Gasteiger partial charge < -0.3 is 9.13 Å². The molecule has 4 nitrogen and oxygen atoms in total. The second-order valence-electron chi connectivity index (χ2n) is 13.0. The van der Waals surface area contributed by atoms with E-state index in [-0.39, 0.29) is 0 Å². The van der Waals surface area contributed by atoms with Crippen molar-refractivity contribution >= 4 is 75.3 Å². The highest BCUT2D eigenvalue weighted by atomic mass is 32.1. The number of hydrogen-bond donors (Lipinski definition) is 0. The summed E-state index contributed by atoms with van der Waals surface area (Å²) in [5.74, 6) is 0. The van der Waals surface area contributed by atoms with Gasteiger partial charge >= 0.3 is 0 Å². The van der Waals surface area contributed by atoms with Crippen LogP contribution in [-0.2, 0) is 0 Å². The topological polar surface area (TPSA) is 35.6 Å². The first-order valence-electron chi connectivity index (χ1n) is 17.2. The van der Waals surface area contributed by atoms with Crippen molar-refractivity contribution in [2.75, 3.05) is 0 Å². The van der Waals surface area contributed by atoms with Gasteiger partial charge in [0.15, 0.2) is 0 Å². The number of hydrogen-bond acceptors (Lipinski definition) is 3. The molecule has 0 radical (unpaired) electrons. The molecule has 238 valence electrons. The fourth-order valence-corrected chi connectivity index (χ4v) is 9.10. The second-order valence-corrected chi connectivity index (χ2v) is 14.0. The van der Waals surface area contributed by atoms with Gasteiger partial charge in [0.1, 0.15) is 0 Å². The van der Waals surface area contributed by atoms with E-state index in [9.17, 15) is 0 Å². The molecule has 0 aliphatic heterocycles. The van der Waals surface area contributed by atoms with Gasteiger partial charge in [0.2, 0.25) is 0 Å². The summed E-state index contributed by atoms with van der Waals surface area (Å²) in [6.07, 6.45) is 1.94. The molecule has 11 aromatic rings. The predicted octanol–water partition coefficient (Wildman–Crippen LogP) is 12.4. The fourth-order valence-electron chi connectivity index (χ4n) is 7.96. The van der Waals surface area contributed by atoms with Crippen molar-refractivity contribution in [1.82, 2.24) is 19.1 Å². The van der Waals surface area contributed by atoms with E-state index >= 15 is 0 Å². The van der Waals surface area contributed by atoms with Gasteiger partial charge in [-0.25, -0.2) is 4.98 Å². The van der Waals surface area contributed by atoms with Crippen LogP contribution in [0.1, 0.15) is 0 Å². The van der Waals surface area contributed by atoms with Crippen LogP contribution in [0, 0.1) is 0 Å². The summed E-state index contributed by atoms with van der Waals surface area (Å²) in [5.41, 5.74) is 12.2. The van der Waals surface area contributed by atoms with E-state index in [1.54, 1.807) is 11.3 Å². The monoisotopic (exact) mass is 668 g/mol. The van der Waals surface area contributed by atoms with Gasteiger partial charge in [0.05, 0.1) is 48.4 Å². The van der Waals surface area contributed by atoms with Crippen molar-refractivity contribution < 1.29 is 0 Å². The van der Waals surface area contributed by atoms with Crippen molar-refractivity contribution in [2.24, 2.45) is 0 Å². The zero-order valence-corrected chi connectivity index (χ0v) is 28.2. The van der Waals surface area contributed by atoms with Crippen LogP contribution >= 0.6 is 11.3 Å². The second kappa shape index (κ2) is 11.0. The molecule has 0 unspecified atom stereocenters. The Morgan fingerprint density at radius 3 is 1.90 bits per heavy atom. The normalized spacial score (nSPS) is 11.9. The third-order valence-corrected chi connectivity index (χ3v) is 11.3. The molecule has 0 aliphatic carbocycles. The van der Waals surface area contributed by atoms with E-state index in [4.69, 9.17) is 9.97 Å². The number of rotatable bonds is 4. The Labute approximate surface area is 297 Å². The lowest BCUT2D eigenvalue weighted by Crippen LogP contribution is -1.95. The Morgan fingerprint density at radius 1 is 0.471 bits per heavy atom. The average Bonchev–Trinajstić information content (AvgIpc) is 3.86. The third kappa shape index (κ3) is 4.19. The smallest absolute Gasteiger partial charge is 0.0902 e. The van der Waals surface area contributed by atoms with Gasteiger partial charge in [-0.2, -0.15) is 0 Å². The first kappa shape index (κ1) is 28.3. The highest BCUT2D eigenvalue weighted by Gasteiger charge is 2.20. The van der Waals surface area contributed by atoms with E-state index in [2.05, 4.69) is 173 Å². The molecular weight excluding hydrogens is 641 g/mol. The van der Waals surface area contributed by atoms with Crippen molar-refractivity contribution in [3.63, 3.8) is 0 Å². The van der Waals surface area contributed by atoms with Crippen LogP contribution in [-0.4, -0.2) is 19.1 Å². The van der Waals surface area contributed by atoms with Crippen LogP contribution in [0.2, 0.25) is 0 Å². The van der Waals surface area contributed by atoms with Crippen LogP contribution in [0.15, 0.2) is 170 Å². The zero-order valence-electron chi connectivity index (χ0n) is 27.4. The lowest BCUT2D eigenvalue weighted by Gasteiger charge is -2.11. The van der Waals surface area contributed by atoms with Crippen molar-refractivity contribution in [1.29, 1.82) is 0 Å². The van der Waals surface area contributed by atoms with Crippen LogP contribution < -0.4 is 0 Å². The number of thiophene rings is 1. The maximum absolute atomic E-state index is 5.36. The summed E-state index contributed by atoms with van der Waals surface area (Å²) in [5, 5.41) is 6.06. The van der Waals surface area contributed by atoms with Crippen molar-refractivity contribution in [3.05, 3.63) is 170 Å². The zero-order chi connectivity index (χ0) is 33.5. The van der Waals surface area contributed by atoms with Gasteiger partial charge in [-0.3, -0.25) is 4.98 Å². The maximum Gasteiger partial charge on any atom is 0.0902 e. The molecule has 5 heteroatoms. The van der Waals surface area contributed by atoms with E-state index in [1.807, 2.05) is 6.20 Å². The molecule has 0 bridgehead atoms. The molecule has 51 heavy (non-hydrogen) atoms. The van der Waals surface area contributed by atoms with Crippen LogP contribution in [0.4, 0.5) is 0 Å². The quantitative estimate of drug-likeness (QED) is 0.187. The van der Waals surface area contributed by atoms with Gasteiger partial charge in [0.25, 0.3) is 0 Å². The molecule has 0 amide bonds. The summed E-state index contributed by atoms with van der Waals surface area (Å²) < 4.78 is 7.04. The molecule has 0 atom stereocenters. The summed E-state index contributed by atoms with van der Waals surface area (Å²) in [4.78, 5) is 10.4. The molecule has 0 fully saturated rings. The van der Waals surface area contributed by atoms with E-state index in [1.165, 1.54) is 38.1 Å². The molecule has 11 rings (SSSR count). The minimum absolute atomic E-state index is 0.957. The lowest BCUT2D eigenvalue weighted by atomic mass is 10.0. The number of para-hydroxylation sites is 5. The maximum atomic E-state index is 5.36. The molecule has 6 aromatic carbocycles. The van der Waals surface area contributed by atoms with Gasteiger partial charge in [-0.15, -0.1) is 11.3 Å². The number of benzene rings is 6. The Hall–Kier alpha value is -6.56. The highest BCUT2D eigenvalue weighted by molar-refractivity contribution is 7.26. The molecule has 0 N–H and O–H groups in total. The highest BCUT2D eigenvalue weighted by Crippen LogP contribution is 2.43. The van der Waals surface area contributed by atoms with E-state index in [0.717, 1.165) is 59.7 Å². The number of fused-ring (bicyclic) bond motifs is 9. The van der Waals surface area contributed by atoms with Gasteiger partial charge in [-0.1, -0.05) is 103 Å². The molecule has 0 saturated heterocycles. The summed E-state index contributed by atoms with van der Waals surface area (Å²) in [6, 6.07) is 58.4. The first-order valence-corrected chi connectivity index (χ1v) is 18.0. The Kier molecular flexibility index (Phi) is 6.09. The van der Waals surface area contributed by atoms with Crippen molar-refractivity contribution in [2.45, 2.75) is 0 Å². The van der Waals surface area contributed by atoms with Gasteiger partial charge in [0, 0.05) is 55.6 Å². The summed E-state index contributed by atoms with van der Waals surface area (Å²) in [6.45, 7) is 0. The third-order valence-electron chi connectivity index (χ3n) is 10.2. The molecule has 0 saturated carbocycles. The number of aromatic nitrogens is 4. The van der Waals surface area contributed by atoms with Crippen LogP contribution in [0.3, 0.4) is 0 Å². The minimum Gasteiger partial charge on any atom is -0.309 e. The molecule has 0 spiro atoms. The SMILES string of the molecule is c1ccc(-n2c3ccccc3c3ccc(-c4ccc5sc6c(-c7cccc8c9ccccc9n(-c9ccccc9)c78)nccc6c5n4)cc32)cc1. The number of nitrogens with zero attached hydrogens (tertiary/aromatic N) is 4. The van der Waals surface area contributed by atoms with Crippen molar-refractivity contribution in [3.8, 4) is 33.9 Å². The first-order chi connectivity index (χ1) is 25.3. The van der Waals surface area contributed by atoms with Crippen LogP contribution in [0.25, 0.3) is 97.8 Å². The Morgan fingerprint density at radius 2 is 1.12 bits per heavy atom. The lowest BCUT2D eigenvalue weighted by molar-refractivity contribution is 1.18. The minimum atomic E-state index is 0.957. The number of pyridine rings is 2. The molecule has 5 aromatic heterocycles. The van der Waals surface area contributed by atoms with Crippen LogP contribution in [0.5, 0.6) is 0 Å². The standard InChI is InChI=1S/C46H28N4S/c1-3-12-30(13-4-1)49-39-20-9-7-16-32(39)34-23-22-29(28-41(34)49)38-24-25-42-43(48-38)37-26-27-47-44(46(37)51-42)36-19-11-18-35-33-17-8-10-21-40(33)50(45(35)36)31-14-5-2-6-15-31/h1-28H. The molecular formula is C46H28N4S. The van der Waals surface area contributed by atoms with E-state index in [0.29, 0.717) is 0 Å². The summed E-state index contributed by atoms with van der Waals surface area (Å²) in [7, 11) is 0. The largest absolute Gasteiger partial charge is 0.309 e. The van der Waals surface area contributed by atoms with E-state index < -0.39 is 0 Å². The average molecular weight is 669 g/mol. The summed E-state index contributed by atoms with van der Waals surface area (Å²) >= 11 is 1.77. The molecule has 0 aliphatic rings. The predicted molar refractivity (Wildman–Crippen MR) is 214 cm³/mol. The Balaban J connectivity index is 1.12. The van der Waals surface area contributed by atoms with Gasteiger partial charge in [-0.05, 0) is 60.7 Å². The molecule has 5 heterocycles. The Bertz CT molecular complexity index is 3130.